The lowest BCUT2D eigenvalue weighted by Crippen LogP contribution is -2.60. The van der Waals surface area contributed by atoms with Gasteiger partial charge in [-0.1, -0.05) is 70.9 Å². The molecule has 0 fully saturated rings. The first-order chi connectivity index (χ1) is 28.6. The molecule has 1 rings (SSSR count). The Bertz CT molecular complexity index is 1660. The van der Waals surface area contributed by atoms with E-state index in [0.29, 0.717) is 18.4 Å². The third-order valence-electron chi connectivity index (χ3n) is 9.45. The number of hydrogen-bond acceptors (Lipinski definition) is 10. The number of amides is 6. The second-order valence-corrected chi connectivity index (χ2v) is 15.8. The van der Waals surface area contributed by atoms with Crippen molar-refractivity contribution in [3.05, 3.63) is 35.9 Å². The SMILES string of the molecule is CCC(C)C(NC(=O)C(CCCN=C(N)N)NC(=O)C(Cc1ccccc1)NC(=O)C(NC(=O)C(CCCN=C(N)N)NC(=O)CNC(=O)OC(C)(C)C)C(C)CC)C(=O)O. The maximum atomic E-state index is 14.2. The number of carboxylic acid groups (broad SMARTS) is 1. The van der Waals surface area contributed by atoms with Crippen molar-refractivity contribution in [3.8, 4) is 0 Å². The first-order valence-corrected chi connectivity index (χ1v) is 20.4. The molecule has 21 heteroatoms. The van der Waals surface area contributed by atoms with Gasteiger partial charge < -0.3 is 64.7 Å². The summed E-state index contributed by atoms with van der Waals surface area (Å²) in [7, 11) is 0. The average Bonchev–Trinajstić information content (AvgIpc) is 3.18. The zero-order chi connectivity index (χ0) is 46.3. The van der Waals surface area contributed by atoms with Crippen LogP contribution in [0.3, 0.4) is 0 Å². The van der Waals surface area contributed by atoms with Gasteiger partial charge in [-0.2, -0.15) is 0 Å². The number of carbonyl (C=O) groups is 7. The number of alkyl carbamates (subject to hydrolysis) is 1. The highest BCUT2D eigenvalue weighted by molar-refractivity contribution is 5.96. The first-order valence-electron chi connectivity index (χ1n) is 20.4. The second-order valence-electron chi connectivity index (χ2n) is 15.8. The molecule has 0 aromatic heterocycles. The van der Waals surface area contributed by atoms with Crippen LogP contribution >= 0.6 is 0 Å². The largest absolute Gasteiger partial charge is 0.480 e. The van der Waals surface area contributed by atoms with Crippen LogP contribution < -0.4 is 54.8 Å². The standard InChI is InChI=1S/C40H68N12O9/c1-8-23(3)30(51-32(54)26(17-13-19-45-37(41)42)48-29(53)22-47-39(60)61-40(5,6)7)35(57)50-28(21-25-15-11-10-12-16-25)34(56)49-27(18-14-20-46-38(43)44)33(55)52-31(36(58)59)24(4)9-2/h10-12,15-16,23-24,26-28,30-31H,8-9,13-14,17-22H2,1-7H3,(H,47,60)(H,48,53)(H,49,56)(H,50,57)(H,51,54)(H,52,55)(H,58,59)(H4,41,42,45)(H4,43,44,46). The molecule has 0 aliphatic heterocycles. The summed E-state index contributed by atoms with van der Waals surface area (Å²) in [5.41, 5.74) is 21.6. The van der Waals surface area contributed by atoms with Crippen LogP contribution in [0.4, 0.5) is 4.79 Å². The van der Waals surface area contributed by atoms with Crippen molar-refractivity contribution in [2.24, 2.45) is 44.8 Å². The van der Waals surface area contributed by atoms with Crippen LogP contribution in [0.25, 0.3) is 0 Å². The Morgan fingerprint density at radius 1 is 0.672 bits per heavy atom. The van der Waals surface area contributed by atoms with Gasteiger partial charge in [0, 0.05) is 19.5 Å². The van der Waals surface area contributed by atoms with Crippen molar-refractivity contribution in [1.29, 1.82) is 0 Å². The van der Waals surface area contributed by atoms with Crippen LogP contribution in [0.15, 0.2) is 40.3 Å². The molecule has 7 unspecified atom stereocenters. The normalized spacial score (nSPS) is 14.5. The molecular weight excluding hydrogens is 793 g/mol. The molecular formula is C40H68N12O9. The van der Waals surface area contributed by atoms with E-state index in [1.54, 1.807) is 78.8 Å². The summed E-state index contributed by atoms with van der Waals surface area (Å²) in [6.07, 6.45) is 0.538. The van der Waals surface area contributed by atoms with E-state index in [0.717, 1.165) is 0 Å². The fraction of sp³-hybridized carbons (Fsp3) is 0.625. The van der Waals surface area contributed by atoms with Crippen molar-refractivity contribution >= 4 is 53.5 Å². The highest BCUT2D eigenvalue weighted by atomic mass is 16.6. The van der Waals surface area contributed by atoms with Crippen LogP contribution in [-0.2, 0) is 39.9 Å². The van der Waals surface area contributed by atoms with Gasteiger partial charge in [-0.15, -0.1) is 0 Å². The third-order valence-corrected chi connectivity index (χ3v) is 9.45. The van der Waals surface area contributed by atoms with Gasteiger partial charge in [0.05, 0.1) is 0 Å². The fourth-order valence-corrected chi connectivity index (χ4v) is 5.74. The summed E-state index contributed by atoms with van der Waals surface area (Å²) in [6.45, 7) is 11.7. The molecule has 6 amide bonds. The van der Waals surface area contributed by atoms with Crippen LogP contribution in [0.5, 0.6) is 0 Å². The summed E-state index contributed by atoms with van der Waals surface area (Å²) >= 11 is 0. The van der Waals surface area contributed by atoms with Crippen molar-refractivity contribution < 1.29 is 43.4 Å². The quantitative estimate of drug-likeness (QED) is 0.0317. The number of carboxylic acids is 1. The van der Waals surface area contributed by atoms with E-state index >= 15 is 0 Å². The molecule has 342 valence electrons. The van der Waals surface area contributed by atoms with Crippen molar-refractivity contribution in [2.45, 2.75) is 129 Å². The lowest BCUT2D eigenvalue weighted by atomic mass is 9.96. The van der Waals surface area contributed by atoms with E-state index in [9.17, 15) is 38.7 Å². The molecule has 0 spiro atoms. The summed E-state index contributed by atoms with van der Waals surface area (Å²) in [5.74, 6) is -6.18. The highest BCUT2D eigenvalue weighted by Crippen LogP contribution is 2.13. The molecule has 1 aromatic rings. The molecule has 0 saturated carbocycles. The second kappa shape index (κ2) is 26.8. The van der Waals surface area contributed by atoms with E-state index < -0.39 is 95.8 Å². The van der Waals surface area contributed by atoms with Crippen LogP contribution in [0.2, 0.25) is 0 Å². The number of ether oxygens (including phenoxy) is 1. The van der Waals surface area contributed by atoms with Gasteiger partial charge in [0.2, 0.25) is 29.5 Å². The van der Waals surface area contributed by atoms with Crippen LogP contribution in [-0.4, -0.2) is 114 Å². The minimum absolute atomic E-state index is 0.0162. The molecule has 15 N–H and O–H groups in total. The van der Waals surface area contributed by atoms with Crippen LogP contribution in [0, 0.1) is 11.8 Å². The Morgan fingerprint density at radius 3 is 1.61 bits per heavy atom. The topological polar surface area (TPSA) is 350 Å². The van der Waals surface area contributed by atoms with Crippen molar-refractivity contribution in [1.82, 2.24) is 31.9 Å². The maximum Gasteiger partial charge on any atom is 0.408 e. The molecule has 0 radical (unpaired) electrons. The summed E-state index contributed by atoms with van der Waals surface area (Å²) in [6, 6.07) is 2.58. The van der Waals surface area contributed by atoms with Crippen LogP contribution in [0.1, 0.15) is 92.6 Å². The van der Waals surface area contributed by atoms with E-state index in [4.69, 9.17) is 27.7 Å². The van der Waals surface area contributed by atoms with Gasteiger partial charge in [-0.25, -0.2) is 9.59 Å². The minimum Gasteiger partial charge on any atom is -0.480 e. The molecule has 7 atom stereocenters. The lowest BCUT2D eigenvalue weighted by molar-refractivity contribution is -0.144. The Hall–Kier alpha value is -6.15. The predicted molar refractivity (Wildman–Crippen MR) is 230 cm³/mol. The van der Waals surface area contributed by atoms with Crippen molar-refractivity contribution in [3.63, 3.8) is 0 Å². The van der Waals surface area contributed by atoms with E-state index in [1.165, 1.54) is 0 Å². The molecule has 0 heterocycles. The van der Waals surface area contributed by atoms with Crippen molar-refractivity contribution in [2.75, 3.05) is 19.6 Å². The van der Waals surface area contributed by atoms with Gasteiger partial charge >= 0.3 is 12.1 Å². The number of benzene rings is 1. The average molecular weight is 861 g/mol. The summed E-state index contributed by atoms with van der Waals surface area (Å²) in [5, 5.41) is 25.5. The number of nitrogens with zero attached hydrogens (tertiary/aromatic N) is 2. The number of nitrogens with one attached hydrogen (secondary N) is 6. The van der Waals surface area contributed by atoms with E-state index in [2.05, 4.69) is 41.9 Å². The predicted octanol–water partition coefficient (Wildman–Crippen LogP) is -0.538. The smallest absolute Gasteiger partial charge is 0.408 e. The van der Waals surface area contributed by atoms with Gasteiger partial charge in [-0.3, -0.25) is 34.0 Å². The zero-order valence-corrected chi connectivity index (χ0v) is 36.4. The summed E-state index contributed by atoms with van der Waals surface area (Å²) in [4.78, 5) is 101. The molecule has 61 heavy (non-hydrogen) atoms. The Kier molecular flexibility index (Phi) is 23.3. The zero-order valence-electron chi connectivity index (χ0n) is 36.4. The molecule has 0 aliphatic rings. The number of nitrogens with two attached hydrogens (primary N) is 4. The van der Waals surface area contributed by atoms with E-state index in [1.807, 2.05) is 0 Å². The molecule has 0 bridgehead atoms. The minimum atomic E-state index is -1.29. The lowest BCUT2D eigenvalue weighted by Gasteiger charge is -2.29. The number of guanidine groups is 2. The van der Waals surface area contributed by atoms with Gasteiger partial charge in [0.25, 0.3) is 0 Å². The Morgan fingerprint density at radius 2 is 1.13 bits per heavy atom. The molecule has 21 nitrogen and oxygen atoms in total. The Labute approximate surface area is 357 Å². The van der Waals surface area contributed by atoms with Gasteiger partial charge in [0.1, 0.15) is 42.4 Å². The fourth-order valence-electron chi connectivity index (χ4n) is 5.74. The van der Waals surface area contributed by atoms with Gasteiger partial charge in [0.15, 0.2) is 11.9 Å². The molecule has 0 aliphatic carbocycles. The third kappa shape index (κ3) is 21.6. The number of hydrogen-bond donors (Lipinski definition) is 11. The summed E-state index contributed by atoms with van der Waals surface area (Å²) < 4.78 is 5.17. The Balaban J connectivity index is 3.46. The number of aliphatic carboxylic acids is 1. The maximum absolute atomic E-state index is 14.2. The molecule has 0 saturated heterocycles. The first kappa shape index (κ1) is 52.9. The van der Waals surface area contributed by atoms with E-state index in [-0.39, 0.29) is 57.1 Å². The molecule has 1 aromatic carbocycles. The van der Waals surface area contributed by atoms with Gasteiger partial charge in [-0.05, 0) is 63.9 Å². The monoisotopic (exact) mass is 861 g/mol. The number of rotatable bonds is 26. The highest BCUT2D eigenvalue weighted by Gasteiger charge is 2.35. The number of aliphatic imine (C=N–C) groups is 2. The number of carbonyl (C=O) groups excluding carboxylic acids is 6.